The minimum atomic E-state index is 0.531. The molecule has 1 aliphatic carbocycles. The van der Waals surface area contributed by atoms with Crippen LogP contribution in [-0.4, -0.2) is 13.1 Å². The molecule has 0 aromatic heterocycles. The van der Waals surface area contributed by atoms with Gasteiger partial charge in [-0.05, 0) is 42.3 Å². The van der Waals surface area contributed by atoms with E-state index < -0.39 is 0 Å². The van der Waals surface area contributed by atoms with Crippen molar-refractivity contribution in [1.29, 1.82) is 0 Å². The molecule has 2 heteroatoms. The molecule has 100 valence electrons. The van der Waals surface area contributed by atoms with Gasteiger partial charge in [0.25, 0.3) is 0 Å². The van der Waals surface area contributed by atoms with Crippen LogP contribution in [0.5, 0.6) is 0 Å². The predicted octanol–water partition coefficient (Wildman–Crippen LogP) is 2.86. The monoisotopic (exact) mass is 246 g/mol. The lowest BCUT2D eigenvalue weighted by Gasteiger charge is -2.24. The van der Waals surface area contributed by atoms with Gasteiger partial charge in [0, 0.05) is 13.1 Å². The lowest BCUT2D eigenvalue weighted by atomic mass is 9.89. The van der Waals surface area contributed by atoms with Gasteiger partial charge in [0.15, 0.2) is 0 Å². The van der Waals surface area contributed by atoms with Gasteiger partial charge < -0.3 is 11.1 Å². The fraction of sp³-hybridized carbons (Fsp3) is 0.625. The van der Waals surface area contributed by atoms with Crippen molar-refractivity contribution in [3.63, 3.8) is 0 Å². The molecule has 0 saturated heterocycles. The Kier molecular flexibility index (Phi) is 4.79. The summed E-state index contributed by atoms with van der Waals surface area (Å²) in [7, 11) is 0. The molecule has 0 atom stereocenters. The van der Waals surface area contributed by atoms with Crippen molar-refractivity contribution in [2.75, 3.05) is 13.1 Å². The summed E-state index contributed by atoms with van der Waals surface area (Å²) < 4.78 is 0. The van der Waals surface area contributed by atoms with Crippen LogP contribution in [0, 0.1) is 5.41 Å². The Balaban J connectivity index is 1.86. The summed E-state index contributed by atoms with van der Waals surface area (Å²) in [6, 6.07) is 8.64. The summed E-state index contributed by atoms with van der Waals surface area (Å²) in [5.41, 5.74) is 8.99. The molecule has 0 bridgehead atoms. The van der Waals surface area contributed by atoms with Gasteiger partial charge in [-0.25, -0.2) is 0 Å². The van der Waals surface area contributed by atoms with E-state index in [4.69, 9.17) is 5.73 Å². The van der Waals surface area contributed by atoms with Crippen LogP contribution < -0.4 is 11.1 Å². The van der Waals surface area contributed by atoms with Gasteiger partial charge in [-0.2, -0.15) is 0 Å². The predicted molar refractivity (Wildman–Crippen MR) is 77.5 cm³/mol. The summed E-state index contributed by atoms with van der Waals surface area (Å²) in [6.45, 7) is 5.27. The van der Waals surface area contributed by atoms with E-state index in [0.717, 1.165) is 26.1 Å². The number of nitrogens with one attached hydrogen (secondary N) is 1. The quantitative estimate of drug-likeness (QED) is 0.810. The zero-order valence-electron chi connectivity index (χ0n) is 11.5. The van der Waals surface area contributed by atoms with E-state index in [0.29, 0.717) is 5.41 Å². The van der Waals surface area contributed by atoms with E-state index in [9.17, 15) is 0 Å². The standard InChI is InChI=1S/C16H26N2/c1-16(9-4-5-10-16)13-18-12-15-7-3-2-6-14(15)8-11-17/h2-3,6-7,18H,4-5,8-13,17H2,1H3. The highest BCUT2D eigenvalue weighted by Gasteiger charge is 2.27. The Hall–Kier alpha value is -0.860. The van der Waals surface area contributed by atoms with E-state index in [1.54, 1.807) is 0 Å². The molecule has 0 aliphatic heterocycles. The maximum atomic E-state index is 5.66. The molecule has 3 N–H and O–H groups in total. The molecular formula is C16H26N2. The van der Waals surface area contributed by atoms with E-state index in [1.807, 2.05) is 0 Å². The largest absolute Gasteiger partial charge is 0.330 e. The van der Waals surface area contributed by atoms with Gasteiger partial charge in [-0.1, -0.05) is 44.0 Å². The molecule has 1 fully saturated rings. The topological polar surface area (TPSA) is 38.0 Å². The first kappa shape index (κ1) is 13.6. The van der Waals surface area contributed by atoms with Crippen LogP contribution in [0.4, 0.5) is 0 Å². The fourth-order valence-corrected chi connectivity index (χ4v) is 3.03. The molecule has 0 amide bonds. The number of benzene rings is 1. The molecule has 0 unspecified atom stereocenters. The number of nitrogens with two attached hydrogens (primary N) is 1. The first-order chi connectivity index (χ1) is 8.73. The summed E-state index contributed by atoms with van der Waals surface area (Å²) in [6.07, 6.45) is 6.55. The molecule has 0 radical (unpaired) electrons. The minimum absolute atomic E-state index is 0.531. The highest BCUT2D eigenvalue weighted by atomic mass is 14.9. The molecule has 1 aromatic rings. The second-order valence-corrected chi connectivity index (χ2v) is 5.93. The van der Waals surface area contributed by atoms with Crippen molar-refractivity contribution >= 4 is 0 Å². The molecule has 2 nitrogen and oxygen atoms in total. The summed E-state index contributed by atoms with van der Waals surface area (Å²) in [5.74, 6) is 0. The van der Waals surface area contributed by atoms with Crippen LogP contribution in [0.15, 0.2) is 24.3 Å². The second kappa shape index (κ2) is 6.35. The van der Waals surface area contributed by atoms with E-state index >= 15 is 0 Å². The van der Waals surface area contributed by atoms with Crippen LogP contribution in [0.2, 0.25) is 0 Å². The normalized spacial score (nSPS) is 18.1. The van der Waals surface area contributed by atoms with Crippen LogP contribution >= 0.6 is 0 Å². The molecule has 1 saturated carbocycles. The van der Waals surface area contributed by atoms with Gasteiger partial charge in [0.05, 0.1) is 0 Å². The maximum Gasteiger partial charge on any atom is 0.0208 e. The van der Waals surface area contributed by atoms with Crippen molar-refractivity contribution in [1.82, 2.24) is 5.32 Å². The Morgan fingerprint density at radius 1 is 1.17 bits per heavy atom. The van der Waals surface area contributed by atoms with E-state index in [2.05, 4.69) is 36.5 Å². The average molecular weight is 246 g/mol. The van der Waals surface area contributed by atoms with Crippen molar-refractivity contribution < 1.29 is 0 Å². The van der Waals surface area contributed by atoms with E-state index in [1.165, 1.54) is 36.8 Å². The van der Waals surface area contributed by atoms with Crippen molar-refractivity contribution in [3.05, 3.63) is 35.4 Å². The highest BCUT2D eigenvalue weighted by molar-refractivity contribution is 5.27. The van der Waals surface area contributed by atoms with Gasteiger partial charge in [-0.15, -0.1) is 0 Å². The van der Waals surface area contributed by atoms with Crippen LogP contribution in [0.25, 0.3) is 0 Å². The fourth-order valence-electron chi connectivity index (χ4n) is 3.03. The first-order valence-corrected chi connectivity index (χ1v) is 7.21. The smallest absolute Gasteiger partial charge is 0.0208 e. The van der Waals surface area contributed by atoms with Crippen molar-refractivity contribution in [3.8, 4) is 0 Å². The van der Waals surface area contributed by atoms with Crippen LogP contribution in [0.1, 0.15) is 43.7 Å². The van der Waals surface area contributed by atoms with Gasteiger partial charge in [0.1, 0.15) is 0 Å². The molecule has 1 aromatic carbocycles. The first-order valence-electron chi connectivity index (χ1n) is 7.21. The summed E-state index contributed by atoms with van der Waals surface area (Å²) in [4.78, 5) is 0. The zero-order valence-corrected chi connectivity index (χ0v) is 11.5. The third-order valence-electron chi connectivity index (χ3n) is 4.21. The van der Waals surface area contributed by atoms with Crippen molar-refractivity contribution in [2.45, 2.75) is 45.6 Å². The summed E-state index contributed by atoms with van der Waals surface area (Å²) >= 11 is 0. The number of rotatable bonds is 6. The molecule has 1 aliphatic rings. The Bertz CT molecular complexity index is 367. The zero-order chi connectivity index (χ0) is 12.8. The Morgan fingerprint density at radius 2 is 1.83 bits per heavy atom. The lowest BCUT2D eigenvalue weighted by molar-refractivity contribution is 0.314. The number of hydrogen-bond donors (Lipinski definition) is 2. The van der Waals surface area contributed by atoms with Crippen molar-refractivity contribution in [2.24, 2.45) is 11.1 Å². The highest BCUT2D eigenvalue weighted by Crippen LogP contribution is 2.36. The third-order valence-corrected chi connectivity index (χ3v) is 4.21. The lowest BCUT2D eigenvalue weighted by Crippen LogP contribution is -2.29. The Labute approximate surface area is 111 Å². The summed E-state index contributed by atoms with van der Waals surface area (Å²) in [5, 5.41) is 3.64. The third kappa shape index (κ3) is 3.56. The molecule has 0 spiro atoms. The molecule has 18 heavy (non-hydrogen) atoms. The van der Waals surface area contributed by atoms with Crippen LogP contribution in [-0.2, 0) is 13.0 Å². The van der Waals surface area contributed by atoms with Crippen LogP contribution in [0.3, 0.4) is 0 Å². The van der Waals surface area contributed by atoms with Gasteiger partial charge in [0.2, 0.25) is 0 Å². The molecular weight excluding hydrogens is 220 g/mol. The number of hydrogen-bond acceptors (Lipinski definition) is 2. The van der Waals surface area contributed by atoms with Gasteiger partial charge in [-0.3, -0.25) is 0 Å². The van der Waals surface area contributed by atoms with E-state index in [-0.39, 0.29) is 0 Å². The van der Waals surface area contributed by atoms with Gasteiger partial charge >= 0.3 is 0 Å². The minimum Gasteiger partial charge on any atom is -0.330 e. The average Bonchev–Trinajstić information content (AvgIpc) is 2.79. The second-order valence-electron chi connectivity index (χ2n) is 5.93. The SMILES string of the molecule is CC1(CNCc2ccccc2CCN)CCCC1. The molecule has 2 rings (SSSR count). The molecule has 0 heterocycles. The Morgan fingerprint density at radius 3 is 2.50 bits per heavy atom. The maximum absolute atomic E-state index is 5.66.